The summed E-state index contributed by atoms with van der Waals surface area (Å²) >= 11 is 3.36. The van der Waals surface area contributed by atoms with Crippen molar-refractivity contribution in [2.24, 2.45) is 0 Å². The lowest BCUT2D eigenvalue weighted by molar-refractivity contribution is -0.136. The number of nitrogens with one attached hydrogen (secondary N) is 2. The lowest BCUT2D eigenvalue weighted by Crippen LogP contribution is -2.39. The quantitative estimate of drug-likeness (QED) is 0.716. The van der Waals surface area contributed by atoms with E-state index in [1.54, 1.807) is 12.1 Å². The molecule has 0 spiro atoms. The number of amides is 2. The summed E-state index contributed by atoms with van der Waals surface area (Å²) in [5.74, 6) is -1.49. The maximum atomic E-state index is 11.7. The summed E-state index contributed by atoms with van der Waals surface area (Å²) in [5, 5.41) is 14.5. The number of benzene rings is 1. The van der Waals surface area contributed by atoms with E-state index in [9.17, 15) is 14.7 Å². The number of aliphatic hydroxyl groups is 1. The molecule has 5 nitrogen and oxygen atoms in total. The first-order chi connectivity index (χ1) is 9.45. The Labute approximate surface area is 126 Å². The number of halogens is 1. The summed E-state index contributed by atoms with van der Waals surface area (Å²) in [4.78, 5) is 23.3. The van der Waals surface area contributed by atoms with Crippen molar-refractivity contribution < 1.29 is 14.7 Å². The van der Waals surface area contributed by atoms with Crippen molar-refractivity contribution in [3.05, 3.63) is 28.2 Å². The molecule has 6 heteroatoms. The highest BCUT2D eigenvalue weighted by Gasteiger charge is 2.16. The molecule has 0 aliphatic heterocycles. The van der Waals surface area contributed by atoms with E-state index in [1.807, 2.05) is 19.9 Å². The molecule has 1 aromatic rings. The Morgan fingerprint density at radius 2 is 2.05 bits per heavy atom. The molecule has 110 valence electrons. The molecule has 2 amide bonds. The minimum absolute atomic E-state index is 0.0809. The van der Waals surface area contributed by atoms with Gasteiger partial charge < -0.3 is 15.7 Å². The van der Waals surface area contributed by atoms with Gasteiger partial charge in [0, 0.05) is 16.7 Å². The maximum absolute atomic E-state index is 11.7. The average Bonchev–Trinajstić information content (AvgIpc) is 2.41. The first kappa shape index (κ1) is 16.7. The SMILES string of the molecule is CCCC(O)CNC(=O)C(=O)Nc1cccc(Br)c1C. The molecule has 0 saturated heterocycles. The van der Waals surface area contributed by atoms with Crippen LogP contribution in [0.5, 0.6) is 0 Å². The molecule has 1 rings (SSSR count). The highest BCUT2D eigenvalue weighted by Crippen LogP contribution is 2.23. The molecule has 3 N–H and O–H groups in total. The van der Waals surface area contributed by atoms with Crippen molar-refractivity contribution in [3.63, 3.8) is 0 Å². The highest BCUT2D eigenvalue weighted by molar-refractivity contribution is 9.10. The predicted octanol–water partition coefficient (Wildman–Crippen LogP) is 1.97. The van der Waals surface area contributed by atoms with Crippen molar-refractivity contribution >= 4 is 33.4 Å². The lowest BCUT2D eigenvalue weighted by Gasteiger charge is -2.12. The van der Waals surface area contributed by atoms with Crippen LogP contribution >= 0.6 is 15.9 Å². The maximum Gasteiger partial charge on any atom is 0.313 e. The molecule has 0 fully saturated rings. The van der Waals surface area contributed by atoms with Crippen LogP contribution in [0.2, 0.25) is 0 Å². The summed E-state index contributed by atoms with van der Waals surface area (Å²) < 4.78 is 0.856. The van der Waals surface area contributed by atoms with E-state index >= 15 is 0 Å². The van der Waals surface area contributed by atoms with Gasteiger partial charge in [-0.25, -0.2) is 0 Å². The molecule has 0 aromatic heterocycles. The molecule has 0 heterocycles. The number of carbonyl (C=O) groups is 2. The van der Waals surface area contributed by atoms with Gasteiger partial charge in [-0.3, -0.25) is 9.59 Å². The van der Waals surface area contributed by atoms with E-state index < -0.39 is 17.9 Å². The van der Waals surface area contributed by atoms with Gasteiger partial charge in [-0.15, -0.1) is 0 Å². The van der Waals surface area contributed by atoms with Gasteiger partial charge in [0.1, 0.15) is 0 Å². The summed E-state index contributed by atoms with van der Waals surface area (Å²) in [6.45, 7) is 3.86. The fraction of sp³-hybridized carbons (Fsp3) is 0.429. The Bertz CT molecular complexity index is 491. The first-order valence-electron chi connectivity index (χ1n) is 6.48. The number of carbonyl (C=O) groups excluding carboxylic acids is 2. The smallest absolute Gasteiger partial charge is 0.313 e. The number of rotatable bonds is 5. The van der Waals surface area contributed by atoms with Crippen molar-refractivity contribution in [1.29, 1.82) is 0 Å². The standard InChI is InChI=1S/C14H19BrN2O3/c1-3-5-10(18)8-16-13(19)14(20)17-12-7-4-6-11(15)9(12)2/h4,6-7,10,18H,3,5,8H2,1-2H3,(H,16,19)(H,17,20). The fourth-order valence-corrected chi connectivity index (χ4v) is 2.01. The zero-order chi connectivity index (χ0) is 15.1. The van der Waals surface area contributed by atoms with Gasteiger partial charge in [0.05, 0.1) is 6.10 Å². The minimum Gasteiger partial charge on any atom is -0.391 e. The number of hydrogen-bond donors (Lipinski definition) is 3. The number of aliphatic hydroxyl groups excluding tert-OH is 1. The molecule has 1 atom stereocenters. The molecule has 0 aliphatic rings. The Balaban J connectivity index is 2.54. The Hall–Kier alpha value is -1.40. The van der Waals surface area contributed by atoms with E-state index in [4.69, 9.17) is 0 Å². The third-order valence-electron chi connectivity index (χ3n) is 2.84. The summed E-state index contributed by atoms with van der Waals surface area (Å²) in [5.41, 5.74) is 1.42. The molecule has 0 bridgehead atoms. The fourth-order valence-electron chi connectivity index (χ4n) is 1.65. The molecular weight excluding hydrogens is 324 g/mol. The zero-order valence-corrected chi connectivity index (χ0v) is 13.2. The van der Waals surface area contributed by atoms with Crippen LogP contribution in [0, 0.1) is 6.92 Å². The van der Waals surface area contributed by atoms with E-state index in [-0.39, 0.29) is 6.54 Å². The molecule has 0 radical (unpaired) electrons. The topological polar surface area (TPSA) is 78.4 Å². The van der Waals surface area contributed by atoms with Crippen LogP contribution in [-0.2, 0) is 9.59 Å². The van der Waals surface area contributed by atoms with Gasteiger partial charge in [-0.05, 0) is 31.0 Å². The predicted molar refractivity (Wildman–Crippen MR) is 81.4 cm³/mol. The Kier molecular flexibility index (Phi) is 6.67. The van der Waals surface area contributed by atoms with Crippen molar-refractivity contribution in [3.8, 4) is 0 Å². The lowest BCUT2D eigenvalue weighted by atomic mass is 10.2. The first-order valence-corrected chi connectivity index (χ1v) is 7.27. The summed E-state index contributed by atoms with van der Waals surface area (Å²) in [7, 11) is 0. The third-order valence-corrected chi connectivity index (χ3v) is 3.70. The van der Waals surface area contributed by atoms with Gasteiger partial charge in [0.15, 0.2) is 0 Å². The van der Waals surface area contributed by atoms with Gasteiger partial charge in [-0.1, -0.05) is 35.3 Å². The second kappa shape index (κ2) is 8.01. The van der Waals surface area contributed by atoms with Gasteiger partial charge in [-0.2, -0.15) is 0 Å². The van der Waals surface area contributed by atoms with Gasteiger partial charge >= 0.3 is 11.8 Å². The molecule has 1 unspecified atom stereocenters. The minimum atomic E-state index is -0.750. The van der Waals surface area contributed by atoms with Crippen LogP contribution in [0.25, 0.3) is 0 Å². The third kappa shape index (κ3) is 4.94. The van der Waals surface area contributed by atoms with Gasteiger partial charge in [0.2, 0.25) is 0 Å². The van der Waals surface area contributed by atoms with Crippen LogP contribution in [-0.4, -0.2) is 29.6 Å². The monoisotopic (exact) mass is 342 g/mol. The van der Waals surface area contributed by atoms with E-state index in [1.165, 1.54) is 0 Å². The van der Waals surface area contributed by atoms with Crippen LogP contribution in [0.3, 0.4) is 0 Å². The molecule has 0 saturated carbocycles. The largest absolute Gasteiger partial charge is 0.391 e. The normalized spacial score (nSPS) is 11.8. The van der Waals surface area contributed by atoms with Crippen molar-refractivity contribution in [2.45, 2.75) is 32.8 Å². The number of hydrogen-bond acceptors (Lipinski definition) is 3. The molecule has 20 heavy (non-hydrogen) atoms. The van der Waals surface area contributed by atoms with Gasteiger partial charge in [0.25, 0.3) is 0 Å². The molecule has 0 aliphatic carbocycles. The summed E-state index contributed by atoms with van der Waals surface area (Å²) in [6.07, 6.45) is 0.789. The second-order valence-corrected chi connectivity index (χ2v) is 5.37. The number of anilines is 1. The highest BCUT2D eigenvalue weighted by atomic mass is 79.9. The molecular formula is C14H19BrN2O3. The molecule has 1 aromatic carbocycles. The van der Waals surface area contributed by atoms with Crippen LogP contribution in [0.4, 0.5) is 5.69 Å². The van der Waals surface area contributed by atoms with Crippen LogP contribution in [0.15, 0.2) is 22.7 Å². The van der Waals surface area contributed by atoms with E-state index in [0.717, 1.165) is 16.5 Å². The van der Waals surface area contributed by atoms with Crippen molar-refractivity contribution in [1.82, 2.24) is 5.32 Å². The van der Waals surface area contributed by atoms with E-state index in [0.29, 0.717) is 12.1 Å². The van der Waals surface area contributed by atoms with Crippen LogP contribution in [0.1, 0.15) is 25.3 Å². The van der Waals surface area contributed by atoms with Crippen molar-refractivity contribution in [2.75, 3.05) is 11.9 Å². The van der Waals surface area contributed by atoms with E-state index in [2.05, 4.69) is 26.6 Å². The average molecular weight is 343 g/mol. The van der Waals surface area contributed by atoms with Crippen LogP contribution < -0.4 is 10.6 Å². The summed E-state index contributed by atoms with van der Waals surface area (Å²) in [6, 6.07) is 5.35. The Morgan fingerprint density at radius 1 is 1.35 bits per heavy atom. The second-order valence-electron chi connectivity index (χ2n) is 4.52. The Morgan fingerprint density at radius 3 is 2.70 bits per heavy atom. The zero-order valence-electron chi connectivity index (χ0n) is 11.6.